The molecule has 5 nitrogen and oxygen atoms in total. The van der Waals surface area contributed by atoms with Crippen LogP contribution in [0.3, 0.4) is 0 Å². The normalized spacial score (nSPS) is 13.4. The fourth-order valence-electron chi connectivity index (χ4n) is 4.48. The van der Waals surface area contributed by atoms with Crippen molar-refractivity contribution in [2.75, 3.05) is 13.1 Å². The van der Waals surface area contributed by atoms with Gasteiger partial charge in [-0.2, -0.15) is 0 Å². The van der Waals surface area contributed by atoms with Gasteiger partial charge in [0.2, 0.25) is 6.41 Å². The molecule has 0 aromatic heterocycles. The van der Waals surface area contributed by atoms with E-state index in [-0.39, 0.29) is 11.7 Å². The third-order valence-corrected chi connectivity index (χ3v) is 6.58. The van der Waals surface area contributed by atoms with Crippen molar-refractivity contribution in [1.29, 1.82) is 0 Å². The van der Waals surface area contributed by atoms with Crippen LogP contribution in [0.25, 0.3) is 5.57 Å². The average molecular weight is 505 g/mol. The van der Waals surface area contributed by atoms with Gasteiger partial charge in [0.1, 0.15) is 0 Å². The Morgan fingerprint density at radius 2 is 1.50 bits per heavy atom. The first-order chi connectivity index (χ1) is 18.6. The highest BCUT2D eigenvalue weighted by Gasteiger charge is 2.29. The predicted octanol–water partition coefficient (Wildman–Crippen LogP) is 5.49. The van der Waals surface area contributed by atoms with E-state index in [4.69, 9.17) is 0 Å². The van der Waals surface area contributed by atoms with Gasteiger partial charge in [-0.3, -0.25) is 14.4 Å². The van der Waals surface area contributed by atoms with Crippen LogP contribution in [-0.2, 0) is 17.6 Å². The van der Waals surface area contributed by atoms with Crippen LogP contribution in [0, 0.1) is 0 Å². The molecule has 0 bridgehead atoms. The van der Waals surface area contributed by atoms with Crippen LogP contribution in [0.15, 0.2) is 108 Å². The third-order valence-electron chi connectivity index (χ3n) is 6.58. The van der Waals surface area contributed by atoms with Gasteiger partial charge in [0.05, 0.1) is 0 Å². The Morgan fingerprint density at radius 3 is 2.16 bits per heavy atom. The number of rotatable bonds is 8. The fraction of sp³-hybridized carbons (Fsp3) is 0.182. The Hall–Kier alpha value is -4.51. The monoisotopic (exact) mass is 504 g/mol. The van der Waals surface area contributed by atoms with E-state index in [2.05, 4.69) is 16.7 Å². The summed E-state index contributed by atoms with van der Waals surface area (Å²) in [5, 5.41) is 5.56. The molecule has 192 valence electrons. The predicted molar refractivity (Wildman–Crippen MR) is 152 cm³/mol. The van der Waals surface area contributed by atoms with Crippen molar-refractivity contribution in [2.45, 2.75) is 26.2 Å². The molecule has 0 aliphatic heterocycles. The molecule has 0 saturated heterocycles. The van der Waals surface area contributed by atoms with E-state index in [1.807, 2.05) is 85.8 Å². The maximum atomic E-state index is 12.8. The quantitative estimate of drug-likeness (QED) is 0.315. The van der Waals surface area contributed by atoms with Gasteiger partial charge >= 0.3 is 0 Å². The fourth-order valence-corrected chi connectivity index (χ4v) is 4.48. The summed E-state index contributed by atoms with van der Waals surface area (Å²) in [7, 11) is 0. The zero-order valence-electron chi connectivity index (χ0n) is 21.6. The van der Waals surface area contributed by atoms with Gasteiger partial charge in [0.25, 0.3) is 5.91 Å². The maximum Gasteiger partial charge on any atom is 0.251 e. The molecule has 0 spiro atoms. The van der Waals surface area contributed by atoms with Crippen LogP contribution in [0.4, 0.5) is 0 Å². The summed E-state index contributed by atoms with van der Waals surface area (Å²) >= 11 is 0. The van der Waals surface area contributed by atoms with Crippen LogP contribution in [0.5, 0.6) is 0 Å². The van der Waals surface area contributed by atoms with E-state index >= 15 is 0 Å². The number of Topliss-reactive ketones (excluding diaryl/α,β-unsaturated/α-hetero) is 1. The molecule has 0 atom stereocenters. The first-order valence-electron chi connectivity index (χ1n) is 12.9. The standard InChI is InChI=1S/C24H21NO2.C9H11NO/c1-16-7-10-19-20-12-9-18(15-22(20)23(26)21(19)11-8-16)24(27)25-14-13-17-5-3-2-4-6-17;11-8-10-7-6-9-4-2-1-3-5-9/h2-10,12,15H,11,13-14H2,1H3,(H,25,27);1-5,8H,6-7H2,(H,10,11). The van der Waals surface area contributed by atoms with Gasteiger partial charge in [-0.05, 0) is 60.6 Å². The number of carbonyl (C=O) groups excluding carboxylic acids is 3. The Bertz CT molecular complexity index is 1390. The Morgan fingerprint density at radius 1 is 0.842 bits per heavy atom. The number of benzene rings is 3. The van der Waals surface area contributed by atoms with Crippen molar-refractivity contribution in [2.24, 2.45) is 0 Å². The summed E-state index contributed by atoms with van der Waals surface area (Å²) < 4.78 is 0. The number of ketones is 1. The number of hydrogen-bond acceptors (Lipinski definition) is 3. The molecule has 0 unspecified atom stereocenters. The molecule has 3 aromatic rings. The maximum absolute atomic E-state index is 12.8. The number of hydrogen-bond donors (Lipinski definition) is 2. The van der Waals surface area contributed by atoms with Gasteiger partial charge in [-0.25, -0.2) is 0 Å². The lowest BCUT2D eigenvalue weighted by molar-refractivity contribution is -0.109. The van der Waals surface area contributed by atoms with Crippen molar-refractivity contribution in [3.05, 3.63) is 136 Å². The molecule has 5 rings (SSSR count). The highest BCUT2D eigenvalue weighted by atomic mass is 16.2. The molecule has 0 fully saturated rings. The summed E-state index contributed by atoms with van der Waals surface area (Å²) in [6, 6.07) is 25.6. The number of amides is 2. The lowest BCUT2D eigenvalue weighted by Crippen LogP contribution is -2.25. The van der Waals surface area contributed by atoms with Gasteiger partial charge in [-0.1, -0.05) is 90.5 Å². The van der Waals surface area contributed by atoms with E-state index in [9.17, 15) is 14.4 Å². The van der Waals surface area contributed by atoms with Crippen LogP contribution < -0.4 is 10.6 Å². The second kappa shape index (κ2) is 13.2. The first kappa shape index (κ1) is 26.6. The number of nitrogens with one attached hydrogen (secondary N) is 2. The van der Waals surface area contributed by atoms with Gasteiger partial charge < -0.3 is 10.6 Å². The largest absolute Gasteiger partial charge is 0.358 e. The lowest BCUT2D eigenvalue weighted by atomic mass is 10.0. The summed E-state index contributed by atoms with van der Waals surface area (Å²) in [4.78, 5) is 35.2. The molecule has 3 aromatic carbocycles. The van der Waals surface area contributed by atoms with Crippen molar-refractivity contribution in [1.82, 2.24) is 10.6 Å². The van der Waals surface area contributed by atoms with E-state index in [1.54, 1.807) is 12.1 Å². The minimum absolute atomic E-state index is 0.0366. The molecule has 2 N–H and O–H groups in total. The highest BCUT2D eigenvalue weighted by molar-refractivity contribution is 6.23. The van der Waals surface area contributed by atoms with Gasteiger partial charge in [-0.15, -0.1) is 0 Å². The molecule has 5 heteroatoms. The third kappa shape index (κ3) is 6.83. The topological polar surface area (TPSA) is 75.3 Å². The summed E-state index contributed by atoms with van der Waals surface area (Å²) in [5.41, 5.74) is 7.49. The molecule has 0 heterocycles. The summed E-state index contributed by atoms with van der Waals surface area (Å²) in [6.07, 6.45) is 9.16. The molecule has 2 aliphatic rings. The van der Waals surface area contributed by atoms with E-state index in [0.717, 1.165) is 41.5 Å². The Balaban J connectivity index is 0.000000257. The molecular formula is C33H32N2O3. The van der Waals surface area contributed by atoms with E-state index in [0.29, 0.717) is 30.6 Å². The summed E-state index contributed by atoms with van der Waals surface area (Å²) in [5.74, 6) is -0.107. The van der Waals surface area contributed by atoms with E-state index < -0.39 is 0 Å². The zero-order valence-corrected chi connectivity index (χ0v) is 21.6. The van der Waals surface area contributed by atoms with Crippen molar-refractivity contribution >= 4 is 23.7 Å². The van der Waals surface area contributed by atoms with E-state index in [1.165, 1.54) is 11.1 Å². The smallest absolute Gasteiger partial charge is 0.251 e. The second-order valence-electron chi connectivity index (χ2n) is 9.27. The molecule has 0 radical (unpaired) electrons. The Labute approximate surface area is 224 Å². The Kier molecular flexibility index (Phi) is 9.19. The molecular weight excluding hydrogens is 472 g/mol. The summed E-state index contributed by atoms with van der Waals surface area (Å²) in [6.45, 7) is 3.32. The minimum atomic E-state index is -0.144. The number of carbonyl (C=O) groups is 3. The average Bonchev–Trinajstić information content (AvgIpc) is 3.07. The zero-order chi connectivity index (χ0) is 26.7. The van der Waals surface area contributed by atoms with Gasteiger partial charge in [0, 0.05) is 29.8 Å². The van der Waals surface area contributed by atoms with Crippen LogP contribution in [0.1, 0.15) is 50.8 Å². The first-order valence-corrected chi connectivity index (χ1v) is 12.9. The highest BCUT2D eigenvalue weighted by Crippen LogP contribution is 2.37. The second-order valence-corrected chi connectivity index (χ2v) is 9.27. The van der Waals surface area contributed by atoms with Crippen LogP contribution in [-0.4, -0.2) is 31.2 Å². The molecule has 38 heavy (non-hydrogen) atoms. The lowest BCUT2D eigenvalue weighted by Gasteiger charge is -2.08. The van der Waals surface area contributed by atoms with Crippen molar-refractivity contribution in [3.63, 3.8) is 0 Å². The minimum Gasteiger partial charge on any atom is -0.358 e. The van der Waals surface area contributed by atoms with Crippen LogP contribution >= 0.6 is 0 Å². The SMILES string of the molecule is CC1=CCC2=C(C=C1)c1ccc(C(=O)NCCc3ccccc3)cc1C2=O.O=CNCCc1ccccc1. The molecule has 0 saturated carbocycles. The molecule has 2 aliphatic carbocycles. The van der Waals surface area contributed by atoms with Crippen LogP contribution in [0.2, 0.25) is 0 Å². The van der Waals surface area contributed by atoms with Crippen molar-refractivity contribution in [3.8, 4) is 0 Å². The molecule has 2 amide bonds. The number of fused-ring (bicyclic) bond motifs is 2. The number of allylic oxidation sites excluding steroid dienone is 6. The van der Waals surface area contributed by atoms with Crippen molar-refractivity contribution < 1.29 is 14.4 Å². The van der Waals surface area contributed by atoms with Gasteiger partial charge in [0.15, 0.2) is 5.78 Å².